The molecule has 94 valence electrons. The zero-order chi connectivity index (χ0) is 13.1. The van der Waals surface area contributed by atoms with Crippen molar-refractivity contribution in [1.82, 2.24) is 0 Å². The first kappa shape index (κ1) is 13.9. The third-order valence-electron chi connectivity index (χ3n) is 2.53. The molecule has 0 aromatic heterocycles. The van der Waals surface area contributed by atoms with Crippen molar-refractivity contribution in [2.24, 2.45) is 0 Å². The number of rotatable bonds is 5. The Hall–Kier alpha value is -1.20. The molecule has 0 bridgehead atoms. The molecule has 1 aromatic carbocycles. The normalized spacial score (nSPS) is 15.2. The molecule has 0 fully saturated rings. The standard InChI is InChI=1S/C12H16O4S/c1-12(14,9-13)8-7-10-3-5-11(6-4-10)17(2,15)16/h3-6,9,14H,7-8H2,1-2H3/t12-/m0/s1. The number of aryl methyl sites for hydroxylation is 1. The average Bonchev–Trinajstić information content (AvgIpc) is 2.26. The highest BCUT2D eigenvalue weighted by atomic mass is 32.2. The summed E-state index contributed by atoms with van der Waals surface area (Å²) in [6.45, 7) is 1.45. The molecule has 0 saturated heterocycles. The molecule has 0 saturated carbocycles. The lowest BCUT2D eigenvalue weighted by atomic mass is 9.98. The average molecular weight is 256 g/mol. The monoisotopic (exact) mass is 256 g/mol. The second-order valence-corrected chi connectivity index (χ2v) is 6.41. The third-order valence-corrected chi connectivity index (χ3v) is 3.65. The summed E-state index contributed by atoms with van der Waals surface area (Å²) in [7, 11) is -3.17. The van der Waals surface area contributed by atoms with Crippen molar-refractivity contribution >= 4 is 16.1 Å². The molecule has 0 aliphatic carbocycles. The van der Waals surface area contributed by atoms with E-state index in [1.54, 1.807) is 12.1 Å². The van der Waals surface area contributed by atoms with E-state index in [1.807, 2.05) is 0 Å². The van der Waals surface area contributed by atoms with Gasteiger partial charge in [-0.15, -0.1) is 0 Å². The van der Waals surface area contributed by atoms with Crippen LogP contribution in [-0.2, 0) is 21.1 Å². The second-order valence-electron chi connectivity index (χ2n) is 4.39. The predicted octanol–water partition coefficient (Wildman–Crippen LogP) is 0.973. The van der Waals surface area contributed by atoms with E-state index in [0.29, 0.717) is 19.1 Å². The highest BCUT2D eigenvalue weighted by Crippen LogP contribution is 2.15. The Kier molecular flexibility index (Phi) is 4.06. The zero-order valence-electron chi connectivity index (χ0n) is 9.88. The van der Waals surface area contributed by atoms with Crippen LogP contribution in [0.4, 0.5) is 0 Å². The van der Waals surface area contributed by atoms with Crippen molar-refractivity contribution in [1.29, 1.82) is 0 Å². The number of carbonyl (C=O) groups excluding carboxylic acids is 1. The van der Waals surface area contributed by atoms with Gasteiger partial charge < -0.3 is 9.90 Å². The van der Waals surface area contributed by atoms with Crippen molar-refractivity contribution < 1.29 is 18.3 Å². The summed E-state index contributed by atoms with van der Waals surface area (Å²) in [6.07, 6.45) is 2.50. The van der Waals surface area contributed by atoms with Crippen molar-refractivity contribution in [3.05, 3.63) is 29.8 Å². The van der Waals surface area contributed by atoms with E-state index in [-0.39, 0.29) is 4.90 Å². The molecule has 0 aliphatic rings. The van der Waals surface area contributed by atoms with E-state index in [4.69, 9.17) is 0 Å². The lowest BCUT2D eigenvalue weighted by Crippen LogP contribution is -2.26. The maximum Gasteiger partial charge on any atom is 0.175 e. The van der Waals surface area contributed by atoms with Gasteiger partial charge in [-0.1, -0.05) is 12.1 Å². The van der Waals surface area contributed by atoms with E-state index in [2.05, 4.69) is 0 Å². The Morgan fingerprint density at radius 2 is 1.82 bits per heavy atom. The first-order chi connectivity index (χ1) is 7.74. The molecule has 1 aromatic rings. The fourth-order valence-corrected chi connectivity index (χ4v) is 1.99. The Morgan fingerprint density at radius 3 is 2.24 bits per heavy atom. The summed E-state index contributed by atoms with van der Waals surface area (Å²) in [4.78, 5) is 10.8. The van der Waals surface area contributed by atoms with Gasteiger partial charge in [0.15, 0.2) is 16.1 Å². The largest absolute Gasteiger partial charge is 0.383 e. The molecular weight excluding hydrogens is 240 g/mol. The van der Waals surface area contributed by atoms with Crippen LogP contribution in [0.5, 0.6) is 0 Å². The first-order valence-electron chi connectivity index (χ1n) is 5.22. The van der Waals surface area contributed by atoms with Crippen LogP contribution >= 0.6 is 0 Å². The summed E-state index contributed by atoms with van der Waals surface area (Å²) in [6, 6.07) is 6.44. The number of carbonyl (C=O) groups is 1. The highest BCUT2D eigenvalue weighted by molar-refractivity contribution is 7.90. The van der Waals surface area contributed by atoms with E-state index < -0.39 is 15.4 Å². The van der Waals surface area contributed by atoms with Crippen LogP contribution in [0.25, 0.3) is 0 Å². The maximum absolute atomic E-state index is 11.2. The molecule has 1 N–H and O–H groups in total. The number of hydrogen-bond donors (Lipinski definition) is 1. The van der Waals surface area contributed by atoms with Gasteiger partial charge in [0, 0.05) is 6.26 Å². The zero-order valence-corrected chi connectivity index (χ0v) is 10.7. The second kappa shape index (κ2) is 4.98. The van der Waals surface area contributed by atoms with Crippen LogP contribution in [0.3, 0.4) is 0 Å². The number of benzene rings is 1. The quantitative estimate of drug-likeness (QED) is 0.797. The van der Waals surface area contributed by atoms with Crippen LogP contribution in [0.1, 0.15) is 18.9 Å². The maximum atomic E-state index is 11.2. The fourth-order valence-electron chi connectivity index (χ4n) is 1.36. The molecule has 0 radical (unpaired) electrons. The summed E-state index contributed by atoms with van der Waals surface area (Å²) in [5.74, 6) is 0. The molecule has 1 rings (SSSR count). The Balaban J connectivity index is 2.73. The molecule has 17 heavy (non-hydrogen) atoms. The van der Waals surface area contributed by atoms with Gasteiger partial charge in [0.2, 0.25) is 0 Å². The Labute approximate surface area is 101 Å². The van der Waals surface area contributed by atoms with Gasteiger partial charge in [0.1, 0.15) is 5.60 Å². The molecule has 0 spiro atoms. The van der Waals surface area contributed by atoms with E-state index in [9.17, 15) is 18.3 Å². The van der Waals surface area contributed by atoms with Crippen molar-refractivity contribution in [2.75, 3.05) is 6.26 Å². The van der Waals surface area contributed by atoms with Gasteiger partial charge in [0.05, 0.1) is 4.90 Å². The predicted molar refractivity (Wildman–Crippen MR) is 64.6 cm³/mol. The molecule has 5 heteroatoms. The van der Waals surface area contributed by atoms with Crippen molar-refractivity contribution in [3.63, 3.8) is 0 Å². The molecular formula is C12H16O4S. The molecule has 0 amide bonds. The van der Waals surface area contributed by atoms with Crippen LogP contribution in [0.15, 0.2) is 29.2 Å². The van der Waals surface area contributed by atoms with Gasteiger partial charge in [-0.25, -0.2) is 8.42 Å². The van der Waals surface area contributed by atoms with Gasteiger partial charge >= 0.3 is 0 Å². The summed E-state index contributed by atoms with van der Waals surface area (Å²) in [5, 5.41) is 9.50. The van der Waals surface area contributed by atoms with Crippen LogP contribution in [0, 0.1) is 0 Å². The number of hydrogen-bond acceptors (Lipinski definition) is 4. The van der Waals surface area contributed by atoms with Gasteiger partial charge in [-0.05, 0) is 37.5 Å². The van der Waals surface area contributed by atoms with E-state index in [0.717, 1.165) is 11.8 Å². The minimum absolute atomic E-state index is 0.267. The lowest BCUT2D eigenvalue weighted by molar-refractivity contribution is -0.122. The summed E-state index contributed by atoms with van der Waals surface area (Å²) in [5.41, 5.74) is -0.435. The van der Waals surface area contributed by atoms with Gasteiger partial charge in [0.25, 0.3) is 0 Å². The molecule has 0 aliphatic heterocycles. The SMILES string of the molecule is C[C@@](O)(C=O)CCc1ccc(S(C)(=O)=O)cc1. The summed E-state index contributed by atoms with van der Waals surface area (Å²) < 4.78 is 22.4. The van der Waals surface area contributed by atoms with Crippen LogP contribution in [-0.4, -0.2) is 31.7 Å². The highest BCUT2D eigenvalue weighted by Gasteiger charge is 2.18. The minimum atomic E-state index is -3.17. The molecule has 4 nitrogen and oxygen atoms in total. The van der Waals surface area contributed by atoms with Crippen LogP contribution < -0.4 is 0 Å². The van der Waals surface area contributed by atoms with E-state index >= 15 is 0 Å². The lowest BCUT2D eigenvalue weighted by Gasteiger charge is -2.15. The fraction of sp³-hybridized carbons (Fsp3) is 0.417. The van der Waals surface area contributed by atoms with E-state index in [1.165, 1.54) is 19.1 Å². The third kappa shape index (κ3) is 4.28. The first-order valence-corrected chi connectivity index (χ1v) is 7.11. The number of aldehydes is 1. The summed E-state index contributed by atoms with van der Waals surface area (Å²) >= 11 is 0. The number of aliphatic hydroxyl groups is 1. The smallest absolute Gasteiger partial charge is 0.175 e. The van der Waals surface area contributed by atoms with Crippen LogP contribution in [0.2, 0.25) is 0 Å². The molecule has 1 atom stereocenters. The number of sulfone groups is 1. The Bertz CT molecular complexity index is 486. The molecule has 0 heterocycles. The van der Waals surface area contributed by atoms with Crippen molar-refractivity contribution in [2.45, 2.75) is 30.3 Å². The Morgan fingerprint density at radius 1 is 1.29 bits per heavy atom. The van der Waals surface area contributed by atoms with Gasteiger partial charge in [-0.3, -0.25) is 0 Å². The van der Waals surface area contributed by atoms with Gasteiger partial charge in [-0.2, -0.15) is 0 Å². The molecule has 0 unspecified atom stereocenters. The minimum Gasteiger partial charge on any atom is -0.383 e. The van der Waals surface area contributed by atoms with Crippen molar-refractivity contribution in [3.8, 4) is 0 Å². The topological polar surface area (TPSA) is 71.4 Å².